The molecule has 2 heterocycles. The van der Waals surface area contributed by atoms with Crippen molar-refractivity contribution in [1.82, 2.24) is 29.9 Å². The summed E-state index contributed by atoms with van der Waals surface area (Å²) in [4.78, 5) is 26.6. The molecule has 0 fully saturated rings. The van der Waals surface area contributed by atoms with E-state index in [9.17, 15) is 5.26 Å². The molecular formula is C34H29N10NaO5S. The third-order valence-corrected chi connectivity index (χ3v) is 7.35. The van der Waals surface area contributed by atoms with E-state index in [2.05, 4.69) is 60.5 Å². The number of ether oxygens (including phenoxy) is 2. The van der Waals surface area contributed by atoms with E-state index in [0.29, 0.717) is 28.4 Å². The normalized spacial score (nSPS) is 10.6. The number of anilines is 8. The zero-order valence-corrected chi connectivity index (χ0v) is 30.4. The van der Waals surface area contributed by atoms with Crippen LogP contribution in [0, 0.1) is 0 Å². The Labute approximate surface area is 319 Å². The first-order valence-corrected chi connectivity index (χ1v) is 15.6. The van der Waals surface area contributed by atoms with Gasteiger partial charge in [-0.15, -0.1) is 0 Å². The Hall–Kier alpha value is -5.33. The Morgan fingerprint density at radius 2 is 1.00 bits per heavy atom. The van der Waals surface area contributed by atoms with E-state index in [-0.39, 0.29) is 47.5 Å². The van der Waals surface area contributed by atoms with Crippen LogP contribution in [0.5, 0.6) is 12.0 Å². The van der Waals surface area contributed by atoms with Crippen molar-refractivity contribution in [1.29, 1.82) is 0 Å². The molecule has 0 saturated heterocycles. The molecule has 0 bridgehead atoms. The summed E-state index contributed by atoms with van der Waals surface area (Å²) in [5, 5.41) is 26.9. The summed E-state index contributed by atoms with van der Waals surface area (Å²) in [5.41, 5.74) is 4.67. The quantitative estimate of drug-likeness (QED) is 0.0399. The van der Waals surface area contributed by atoms with E-state index in [1.165, 1.54) is 14.2 Å². The predicted molar refractivity (Wildman–Crippen MR) is 189 cm³/mol. The Balaban J connectivity index is 0.00000504. The summed E-state index contributed by atoms with van der Waals surface area (Å²) in [6, 6.07) is 32.4. The van der Waals surface area contributed by atoms with Crippen molar-refractivity contribution in [2.24, 2.45) is 0 Å². The van der Waals surface area contributed by atoms with E-state index in [1.54, 1.807) is 6.07 Å². The molecule has 0 radical (unpaired) electrons. The van der Waals surface area contributed by atoms with Gasteiger partial charge in [-0.3, -0.25) is 5.04 Å². The van der Waals surface area contributed by atoms with Crippen LogP contribution in [-0.4, -0.2) is 44.1 Å². The number of methoxy groups -OCH3 is 2. The molecule has 17 heteroatoms. The molecule has 4 aromatic carbocycles. The third-order valence-electron chi connectivity index (χ3n) is 6.70. The first kappa shape index (κ1) is 36.9. The molecule has 15 nitrogen and oxygen atoms in total. The fourth-order valence-electron chi connectivity index (χ4n) is 4.41. The zero-order chi connectivity index (χ0) is 34.5. The van der Waals surface area contributed by atoms with E-state index in [0.717, 1.165) is 40.2 Å². The molecule has 252 valence electrons. The van der Waals surface area contributed by atoms with Gasteiger partial charge in [0.2, 0.25) is 23.8 Å². The van der Waals surface area contributed by atoms with Crippen LogP contribution in [0.25, 0.3) is 12.2 Å². The molecule has 0 aliphatic heterocycles. The van der Waals surface area contributed by atoms with Crippen LogP contribution in [0.2, 0.25) is 0 Å². The van der Waals surface area contributed by atoms with Crippen molar-refractivity contribution in [3.8, 4) is 12.0 Å². The fourth-order valence-corrected chi connectivity index (χ4v) is 4.92. The monoisotopic (exact) mass is 712 g/mol. The minimum atomic E-state index is 0. The van der Waals surface area contributed by atoms with Crippen molar-refractivity contribution in [3.63, 3.8) is 0 Å². The summed E-state index contributed by atoms with van der Waals surface area (Å²) in [7, 11) is 2.96. The first-order chi connectivity index (χ1) is 24.6. The molecule has 0 aliphatic carbocycles. The second-order valence-electron chi connectivity index (χ2n) is 10.1. The minimum absolute atomic E-state index is 0. The van der Waals surface area contributed by atoms with Gasteiger partial charge in [0.05, 0.1) is 26.3 Å². The van der Waals surface area contributed by atoms with Gasteiger partial charge in [-0.25, -0.2) is 0 Å². The molecule has 0 atom stereocenters. The van der Waals surface area contributed by atoms with Crippen molar-refractivity contribution in [2.45, 2.75) is 4.90 Å². The van der Waals surface area contributed by atoms with E-state index in [4.69, 9.17) is 9.47 Å². The van der Waals surface area contributed by atoms with Crippen molar-refractivity contribution in [2.75, 3.05) is 35.5 Å². The summed E-state index contributed by atoms with van der Waals surface area (Å²) >= 11 is 0.767. The summed E-state index contributed by atoms with van der Waals surface area (Å²) in [5.74, 6) is 1.18. The number of nitrogens with one attached hydrogen (secondary N) is 4. The van der Waals surface area contributed by atoms with Gasteiger partial charge >= 0.3 is 41.6 Å². The minimum Gasteiger partial charge on any atom is -0.691 e. The van der Waals surface area contributed by atoms with Gasteiger partial charge in [0, 0.05) is 27.6 Å². The third kappa shape index (κ3) is 10.8. The summed E-state index contributed by atoms with van der Waals surface area (Å²) in [6.45, 7) is 0. The van der Waals surface area contributed by atoms with Crippen LogP contribution in [0.4, 0.5) is 46.5 Å². The molecule has 6 rings (SSSR count). The van der Waals surface area contributed by atoms with Crippen molar-refractivity contribution >= 4 is 70.7 Å². The van der Waals surface area contributed by atoms with Gasteiger partial charge in [0.25, 0.3) is 0 Å². The molecule has 0 saturated carbocycles. The van der Waals surface area contributed by atoms with Crippen LogP contribution in [-0.2, 0) is 9.37 Å². The van der Waals surface area contributed by atoms with Gasteiger partial charge in [0.15, 0.2) is 0 Å². The predicted octanol–water partition coefficient (Wildman–Crippen LogP) is 3.45. The van der Waals surface area contributed by atoms with Gasteiger partial charge in [-0.05, 0) is 59.7 Å². The number of nitrogens with zero attached hydrogens (tertiary/aromatic N) is 6. The van der Waals surface area contributed by atoms with Gasteiger partial charge < -0.3 is 36.0 Å². The molecule has 2 aromatic heterocycles. The Morgan fingerprint density at radius 1 is 0.549 bits per heavy atom. The Kier molecular flexibility index (Phi) is 13.5. The van der Waals surface area contributed by atoms with Gasteiger partial charge in [-0.2, -0.15) is 34.2 Å². The fraction of sp³-hybridized carbons (Fsp3) is 0.0588. The van der Waals surface area contributed by atoms with Crippen LogP contribution in [0.1, 0.15) is 11.1 Å². The number of hydrogen-bond acceptors (Lipinski definition) is 16. The molecule has 6 aromatic rings. The number of rotatable bonds is 15. The number of aromatic nitrogens is 6. The Bertz CT molecular complexity index is 2050. The average molecular weight is 713 g/mol. The largest absolute Gasteiger partial charge is 1.00 e. The van der Waals surface area contributed by atoms with Crippen LogP contribution < -0.4 is 65.6 Å². The van der Waals surface area contributed by atoms with Gasteiger partial charge in [-0.1, -0.05) is 66.7 Å². The average Bonchev–Trinajstić information content (AvgIpc) is 3.14. The molecule has 0 aliphatic rings. The zero-order valence-electron chi connectivity index (χ0n) is 27.6. The second-order valence-corrected chi connectivity index (χ2v) is 10.8. The van der Waals surface area contributed by atoms with Crippen molar-refractivity contribution < 1.29 is 53.7 Å². The number of para-hydroxylation sites is 2. The van der Waals surface area contributed by atoms with Crippen molar-refractivity contribution in [3.05, 3.63) is 114 Å². The standard InChI is InChI=1S/C34H30N10O5S.Na/c1-46-33-41-29(35-24-9-5-3-6-10-24)39-31(43-33)37-26-18-14-22(15-19-26)13-16-23-17-20-27(21-28(23)50-49-48-45)38-32-40-30(42-34(44-32)47-2)36-25-11-7-4-8-12-25;/h3-21,45H,1-2H3,(H2,35,37,39,41,43)(H2,36,38,40,42,44);/q;+1/p-1. The van der Waals surface area contributed by atoms with E-state index < -0.39 is 0 Å². The van der Waals surface area contributed by atoms with Crippen LogP contribution >= 0.6 is 12.0 Å². The van der Waals surface area contributed by atoms with Crippen LogP contribution in [0.15, 0.2) is 108 Å². The SMILES string of the molecule is COc1nc(Nc2ccccc2)nc(Nc2ccc(C=Cc3ccc(Nc4nc(Nc5ccccc5)nc(OC)n4)cc3SOO[O-])cc2)n1.[Na+]. The molecule has 0 amide bonds. The smallest absolute Gasteiger partial charge is 0.691 e. The Morgan fingerprint density at radius 3 is 1.47 bits per heavy atom. The topological polar surface area (TPSA) is 185 Å². The summed E-state index contributed by atoms with van der Waals surface area (Å²) < 4.78 is 15.2. The maximum Gasteiger partial charge on any atom is 1.00 e. The maximum absolute atomic E-state index is 10.7. The summed E-state index contributed by atoms with van der Waals surface area (Å²) in [6.07, 6.45) is 3.80. The molecule has 0 unspecified atom stereocenters. The van der Waals surface area contributed by atoms with E-state index >= 15 is 0 Å². The number of benzene rings is 4. The maximum atomic E-state index is 10.7. The van der Waals surface area contributed by atoms with E-state index in [1.807, 2.05) is 109 Å². The molecule has 4 N–H and O–H groups in total. The molecule has 0 spiro atoms. The molecule has 51 heavy (non-hydrogen) atoms. The molecular weight excluding hydrogens is 683 g/mol. The first-order valence-electron chi connectivity index (χ1n) is 14.9. The number of hydrogen-bond donors (Lipinski definition) is 4. The second kappa shape index (κ2) is 18.6. The van der Waals surface area contributed by atoms with Crippen LogP contribution in [0.3, 0.4) is 0 Å². The van der Waals surface area contributed by atoms with Gasteiger partial charge in [0.1, 0.15) is 0 Å².